The molecule has 160 valence electrons. The standard InChI is InChI=1S/C25H27N3O3/c26-15-23(27-24(16-29)19-9-5-2-6-10-19)20-13-21-11-12-22(14-20)28(21)25(30)31-17-18-7-3-1-4-8-18/h1-10,20-22,24,29H,11-14,16-17H2/t20?,21?,22?,24-/m0/s1. The van der Waals surface area contributed by atoms with E-state index in [1.165, 1.54) is 0 Å². The normalized spacial score (nSPS) is 23.8. The summed E-state index contributed by atoms with van der Waals surface area (Å²) in [5.74, 6) is -0.00145. The van der Waals surface area contributed by atoms with Gasteiger partial charge in [-0.1, -0.05) is 60.7 Å². The Kier molecular flexibility index (Phi) is 6.63. The number of aliphatic hydroxyl groups is 1. The maximum atomic E-state index is 12.8. The van der Waals surface area contributed by atoms with E-state index >= 15 is 0 Å². The molecule has 31 heavy (non-hydrogen) atoms. The molecule has 2 saturated heterocycles. The number of piperidine rings is 1. The maximum Gasteiger partial charge on any atom is 0.410 e. The van der Waals surface area contributed by atoms with Gasteiger partial charge in [-0.2, -0.15) is 5.26 Å². The van der Waals surface area contributed by atoms with Crippen LogP contribution in [0, 0.1) is 17.2 Å². The Morgan fingerprint density at radius 2 is 1.71 bits per heavy atom. The van der Waals surface area contributed by atoms with Crippen LogP contribution >= 0.6 is 0 Å². The van der Waals surface area contributed by atoms with E-state index in [2.05, 4.69) is 11.1 Å². The molecule has 2 heterocycles. The van der Waals surface area contributed by atoms with Crippen molar-refractivity contribution in [3.8, 4) is 6.07 Å². The Balaban J connectivity index is 1.43. The average Bonchev–Trinajstić information content (AvgIpc) is 3.09. The molecule has 0 spiro atoms. The highest BCUT2D eigenvalue weighted by molar-refractivity contribution is 6.00. The van der Waals surface area contributed by atoms with E-state index in [0.717, 1.165) is 24.0 Å². The lowest BCUT2D eigenvalue weighted by Crippen LogP contribution is -2.48. The monoisotopic (exact) mass is 417 g/mol. The van der Waals surface area contributed by atoms with Crippen molar-refractivity contribution < 1.29 is 14.6 Å². The van der Waals surface area contributed by atoms with Gasteiger partial charge in [0.2, 0.25) is 0 Å². The Bertz CT molecular complexity index is 941. The lowest BCUT2D eigenvalue weighted by Gasteiger charge is -2.37. The van der Waals surface area contributed by atoms with Gasteiger partial charge < -0.3 is 14.7 Å². The molecular formula is C25H27N3O3. The lowest BCUT2D eigenvalue weighted by atomic mass is 9.87. The highest BCUT2D eigenvalue weighted by Gasteiger charge is 2.45. The number of aliphatic imine (C=N–C) groups is 1. The minimum atomic E-state index is -0.442. The second-order valence-corrected chi connectivity index (χ2v) is 8.24. The molecule has 2 aromatic rings. The van der Waals surface area contributed by atoms with Crippen molar-refractivity contribution in [1.82, 2.24) is 4.90 Å². The topological polar surface area (TPSA) is 85.9 Å². The number of amides is 1. The summed E-state index contributed by atoms with van der Waals surface area (Å²) >= 11 is 0. The van der Waals surface area contributed by atoms with E-state index < -0.39 is 6.04 Å². The molecule has 2 unspecified atom stereocenters. The molecule has 0 aliphatic carbocycles. The van der Waals surface area contributed by atoms with Gasteiger partial charge >= 0.3 is 6.09 Å². The molecule has 0 saturated carbocycles. The van der Waals surface area contributed by atoms with E-state index in [-0.39, 0.29) is 37.3 Å². The van der Waals surface area contributed by atoms with Gasteiger partial charge in [0, 0.05) is 18.0 Å². The third-order valence-electron chi connectivity index (χ3n) is 6.30. The number of fused-ring (bicyclic) bond motifs is 2. The van der Waals surface area contributed by atoms with Crippen LogP contribution in [0.15, 0.2) is 65.7 Å². The van der Waals surface area contributed by atoms with Gasteiger partial charge in [-0.15, -0.1) is 0 Å². The summed E-state index contributed by atoms with van der Waals surface area (Å²) in [5, 5.41) is 19.6. The number of aliphatic hydroxyl groups excluding tert-OH is 1. The van der Waals surface area contributed by atoms with Crippen LogP contribution in [0.4, 0.5) is 4.79 Å². The molecule has 2 aliphatic rings. The fourth-order valence-corrected chi connectivity index (χ4v) is 4.78. The first-order valence-electron chi connectivity index (χ1n) is 10.8. The highest BCUT2D eigenvalue weighted by Crippen LogP contribution is 2.40. The Hall–Kier alpha value is -3.17. The molecular weight excluding hydrogens is 390 g/mol. The number of rotatable bonds is 6. The molecule has 2 fully saturated rings. The fourth-order valence-electron chi connectivity index (χ4n) is 4.78. The Morgan fingerprint density at radius 1 is 1.10 bits per heavy atom. The molecule has 1 amide bonds. The van der Waals surface area contributed by atoms with Gasteiger partial charge in [0.15, 0.2) is 0 Å². The van der Waals surface area contributed by atoms with Crippen molar-refractivity contribution in [3.63, 3.8) is 0 Å². The molecule has 1 N–H and O–H groups in total. The second kappa shape index (κ2) is 9.76. The first kappa shape index (κ1) is 21.1. The molecule has 0 radical (unpaired) electrons. The van der Waals surface area contributed by atoms with Gasteiger partial charge in [-0.05, 0) is 36.8 Å². The van der Waals surface area contributed by atoms with Crippen molar-refractivity contribution >= 4 is 11.8 Å². The minimum Gasteiger partial charge on any atom is -0.445 e. The summed E-state index contributed by atoms with van der Waals surface area (Å²) in [6, 6.07) is 21.2. The summed E-state index contributed by atoms with van der Waals surface area (Å²) in [4.78, 5) is 19.3. The van der Waals surface area contributed by atoms with E-state index in [1.807, 2.05) is 65.6 Å². The molecule has 0 aromatic heterocycles. The zero-order chi connectivity index (χ0) is 21.6. The number of hydrogen-bond donors (Lipinski definition) is 1. The first-order chi connectivity index (χ1) is 15.2. The van der Waals surface area contributed by atoms with Crippen LogP contribution in [-0.2, 0) is 11.3 Å². The largest absolute Gasteiger partial charge is 0.445 e. The van der Waals surface area contributed by atoms with Crippen molar-refractivity contribution in [2.24, 2.45) is 10.9 Å². The molecule has 6 heteroatoms. The van der Waals surface area contributed by atoms with Crippen molar-refractivity contribution in [2.75, 3.05) is 6.61 Å². The Morgan fingerprint density at radius 3 is 2.29 bits per heavy atom. The quantitative estimate of drug-likeness (QED) is 0.712. The number of nitriles is 1. The van der Waals surface area contributed by atoms with E-state index in [9.17, 15) is 15.2 Å². The predicted octanol–water partition coefficient (Wildman–Crippen LogP) is 4.26. The zero-order valence-corrected chi connectivity index (χ0v) is 17.4. The third-order valence-corrected chi connectivity index (χ3v) is 6.30. The van der Waals surface area contributed by atoms with Crippen LogP contribution in [0.1, 0.15) is 42.9 Å². The first-order valence-corrected chi connectivity index (χ1v) is 10.8. The molecule has 6 nitrogen and oxygen atoms in total. The summed E-state index contributed by atoms with van der Waals surface area (Å²) in [7, 11) is 0. The van der Waals surface area contributed by atoms with Crippen LogP contribution in [-0.4, -0.2) is 40.5 Å². The van der Waals surface area contributed by atoms with E-state index in [0.29, 0.717) is 18.6 Å². The van der Waals surface area contributed by atoms with E-state index in [1.54, 1.807) is 0 Å². The number of nitrogens with zero attached hydrogens (tertiary/aromatic N) is 3. The molecule has 3 atom stereocenters. The molecule has 2 aliphatic heterocycles. The molecule has 4 rings (SSSR count). The van der Waals surface area contributed by atoms with Crippen LogP contribution in [0.25, 0.3) is 0 Å². The number of carbonyl (C=O) groups excluding carboxylic acids is 1. The van der Waals surface area contributed by atoms with Gasteiger partial charge in [0.1, 0.15) is 18.4 Å². The van der Waals surface area contributed by atoms with Gasteiger partial charge in [0.25, 0.3) is 0 Å². The lowest BCUT2D eigenvalue weighted by molar-refractivity contribution is 0.0599. The second-order valence-electron chi connectivity index (χ2n) is 8.24. The third kappa shape index (κ3) is 4.78. The summed E-state index contributed by atoms with van der Waals surface area (Å²) in [6.07, 6.45) is 2.97. The van der Waals surface area contributed by atoms with Crippen LogP contribution < -0.4 is 0 Å². The zero-order valence-electron chi connectivity index (χ0n) is 17.4. The molecule has 2 aromatic carbocycles. The van der Waals surface area contributed by atoms with Gasteiger partial charge in [0.05, 0.1) is 12.6 Å². The van der Waals surface area contributed by atoms with Crippen molar-refractivity contribution in [1.29, 1.82) is 5.26 Å². The van der Waals surface area contributed by atoms with Gasteiger partial charge in [-0.25, -0.2) is 4.79 Å². The number of ether oxygens (including phenoxy) is 1. The van der Waals surface area contributed by atoms with Crippen LogP contribution in [0.2, 0.25) is 0 Å². The minimum absolute atomic E-state index is 0.00145. The average molecular weight is 418 g/mol. The van der Waals surface area contributed by atoms with Crippen LogP contribution in [0.5, 0.6) is 0 Å². The van der Waals surface area contributed by atoms with Crippen molar-refractivity contribution in [3.05, 3.63) is 71.8 Å². The summed E-state index contributed by atoms with van der Waals surface area (Å²) in [5.41, 5.74) is 2.33. The summed E-state index contributed by atoms with van der Waals surface area (Å²) < 4.78 is 5.57. The summed E-state index contributed by atoms with van der Waals surface area (Å²) in [6.45, 7) is 0.117. The Labute approximate surface area is 182 Å². The predicted molar refractivity (Wildman–Crippen MR) is 117 cm³/mol. The SMILES string of the molecule is N#CC(=N[C@@H](CO)c1ccccc1)C1CC2CCC(C1)N2C(=O)OCc1ccccc1. The number of benzene rings is 2. The molecule has 2 bridgehead atoms. The fraction of sp³-hybridized carbons (Fsp3) is 0.400. The number of hydrogen-bond acceptors (Lipinski definition) is 5. The van der Waals surface area contributed by atoms with Gasteiger partial charge in [-0.3, -0.25) is 4.99 Å². The number of carbonyl (C=O) groups is 1. The van der Waals surface area contributed by atoms with Crippen molar-refractivity contribution in [2.45, 2.75) is 50.4 Å². The smallest absolute Gasteiger partial charge is 0.410 e. The van der Waals surface area contributed by atoms with Crippen LogP contribution in [0.3, 0.4) is 0 Å². The highest BCUT2D eigenvalue weighted by atomic mass is 16.6. The van der Waals surface area contributed by atoms with E-state index in [4.69, 9.17) is 4.74 Å². The maximum absolute atomic E-state index is 12.8.